The van der Waals surface area contributed by atoms with Crippen molar-refractivity contribution >= 4 is 17.7 Å². The highest BCUT2D eigenvalue weighted by Crippen LogP contribution is 2.21. The maximum absolute atomic E-state index is 4.34. The summed E-state index contributed by atoms with van der Waals surface area (Å²) in [5, 5.41) is 11.0. The number of thioether (sulfide) groups is 1. The van der Waals surface area contributed by atoms with Crippen LogP contribution in [-0.4, -0.2) is 34.0 Å². The number of rotatable bonds is 7. The molecule has 0 fully saturated rings. The Hall–Kier alpha value is -2.80. The lowest BCUT2D eigenvalue weighted by Crippen LogP contribution is -2.36. The van der Waals surface area contributed by atoms with E-state index in [0.717, 1.165) is 12.5 Å². The van der Waals surface area contributed by atoms with Gasteiger partial charge in [-0.1, -0.05) is 36.4 Å². The van der Waals surface area contributed by atoms with Gasteiger partial charge in [0.1, 0.15) is 12.7 Å². The smallest absolute Gasteiger partial charge is 0.191 e. The normalized spacial score (nSPS) is 11.5. The van der Waals surface area contributed by atoms with Crippen LogP contribution in [0.5, 0.6) is 0 Å². The van der Waals surface area contributed by atoms with Crippen molar-refractivity contribution in [1.82, 2.24) is 25.4 Å². The number of nitrogens with one attached hydrogen (secondary N) is 2. The van der Waals surface area contributed by atoms with E-state index < -0.39 is 0 Å². The van der Waals surface area contributed by atoms with Crippen LogP contribution >= 0.6 is 11.8 Å². The summed E-state index contributed by atoms with van der Waals surface area (Å²) < 4.78 is 1.82. The van der Waals surface area contributed by atoms with Gasteiger partial charge in [0.05, 0.1) is 6.54 Å². The molecule has 28 heavy (non-hydrogen) atoms. The number of aliphatic imine (C=N–C) groups is 1. The van der Waals surface area contributed by atoms with E-state index in [1.54, 1.807) is 31.5 Å². The standard InChI is InChI=1S/C21H26N6S/c1-16-7-8-19(20(9-16)28-3)12-25-21(22-2)24-11-17-5-4-6-18(10-17)13-27-15-23-14-26-27/h4-10,14-15H,11-13H2,1-3H3,(H2,22,24,25). The van der Waals surface area contributed by atoms with Crippen molar-refractivity contribution in [2.75, 3.05) is 13.3 Å². The molecule has 0 aliphatic heterocycles. The van der Waals surface area contributed by atoms with Crippen LogP contribution in [0.3, 0.4) is 0 Å². The van der Waals surface area contributed by atoms with Crippen molar-refractivity contribution in [2.45, 2.75) is 31.5 Å². The van der Waals surface area contributed by atoms with Crippen LogP contribution in [-0.2, 0) is 19.6 Å². The molecule has 7 heteroatoms. The van der Waals surface area contributed by atoms with Gasteiger partial charge >= 0.3 is 0 Å². The maximum Gasteiger partial charge on any atom is 0.191 e. The highest BCUT2D eigenvalue weighted by atomic mass is 32.2. The average Bonchev–Trinajstić information content (AvgIpc) is 3.22. The summed E-state index contributed by atoms with van der Waals surface area (Å²) in [6.45, 7) is 4.27. The number of nitrogens with zero attached hydrogens (tertiary/aromatic N) is 4. The minimum atomic E-state index is 0.703. The molecule has 0 bridgehead atoms. The summed E-state index contributed by atoms with van der Waals surface area (Å²) >= 11 is 1.77. The first kappa shape index (κ1) is 19.9. The highest BCUT2D eigenvalue weighted by Gasteiger charge is 2.05. The first-order valence-electron chi connectivity index (χ1n) is 9.16. The van der Waals surface area contributed by atoms with Crippen molar-refractivity contribution in [2.24, 2.45) is 4.99 Å². The first-order valence-corrected chi connectivity index (χ1v) is 10.4. The SMILES string of the molecule is CN=C(NCc1cccc(Cn2cncn2)c1)NCc1ccc(C)cc1SC. The molecule has 0 aliphatic rings. The van der Waals surface area contributed by atoms with Crippen molar-refractivity contribution in [1.29, 1.82) is 0 Å². The van der Waals surface area contributed by atoms with Crippen molar-refractivity contribution in [3.63, 3.8) is 0 Å². The molecule has 0 spiro atoms. The lowest BCUT2D eigenvalue weighted by Gasteiger charge is -2.14. The maximum atomic E-state index is 4.34. The Balaban J connectivity index is 1.56. The van der Waals surface area contributed by atoms with Gasteiger partial charge in [0, 0.05) is 25.0 Å². The summed E-state index contributed by atoms with van der Waals surface area (Å²) in [7, 11) is 1.79. The molecule has 0 amide bonds. The van der Waals surface area contributed by atoms with E-state index in [-0.39, 0.29) is 0 Å². The molecule has 0 saturated heterocycles. The van der Waals surface area contributed by atoms with E-state index in [0.29, 0.717) is 13.1 Å². The predicted octanol–water partition coefficient (Wildman–Crippen LogP) is 3.22. The van der Waals surface area contributed by atoms with Crippen LogP contribution in [0.1, 0.15) is 22.3 Å². The zero-order valence-corrected chi connectivity index (χ0v) is 17.3. The van der Waals surface area contributed by atoms with E-state index >= 15 is 0 Å². The Morgan fingerprint density at radius 3 is 2.68 bits per heavy atom. The van der Waals surface area contributed by atoms with Crippen molar-refractivity contribution in [3.8, 4) is 0 Å². The van der Waals surface area contributed by atoms with E-state index in [9.17, 15) is 0 Å². The third kappa shape index (κ3) is 5.60. The molecule has 3 rings (SSSR count). The van der Waals surface area contributed by atoms with Crippen LogP contribution < -0.4 is 10.6 Å². The van der Waals surface area contributed by atoms with Crippen LogP contribution in [0.15, 0.2) is 65.0 Å². The van der Waals surface area contributed by atoms with E-state index in [1.165, 1.54) is 27.1 Å². The quantitative estimate of drug-likeness (QED) is 0.366. The third-order valence-corrected chi connectivity index (χ3v) is 5.19. The van der Waals surface area contributed by atoms with Gasteiger partial charge in [0.25, 0.3) is 0 Å². The molecule has 0 aliphatic carbocycles. The first-order chi connectivity index (χ1) is 13.7. The second-order valence-electron chi connectivity index (χ2n) is 6.51. The number of aromatic nitrogens is 3. The molecule has 0 saturated carbocycles. The topological polar surface area (TPSA) is 67.1 Å². The number of guanidine groups is 1. The van der Waals surface area contributed by atoms with Crippen LogP contribution in [0.2, 0.25) is 0 Å². The summed E-state index contributed by atoms with van der Waals surface area (Å²) in [6.07, 6.45) is 5.39. The van der Waals surface area contributed by atoms with Crippen LogP contribution in [0.4, 0.5) is 0 Å². The van der Waals surface area contributed by atoms with Gasteiger partial charge in [0.15, 0.2) is 5.96 Å². The monoisotopic (exact) mass is 394 g/mol. The number of hydrogen-bond donors (Lipinski definition) is 2. The minimum Gasteiger partial charge on any atom is -0.352 e. The Bertz CT molecular complexity index is 920. The van der Waals surface area contributed by atoms with Crippen LogP contribution in [0.25, 0.3) is 0 Å². The number of hydrogen-bond acceptors (Lipinski definition) is 4. The van der Waals surface area contributed by atoms with Crippen molar-refractivity contribution in [3.05, 3.63) is 77.4 Å². The molecule has 6 nitrogen and oxygen atoms in total. The predicted molar refractivity (Wildman–Crippen MR) is 116 cm³/mol. The summed E-state index contributed by atoms with van der Waals surface area (Å²) in [5.74, 6) is 0.786. The molecule has 3 aromatic rings. The molecule has 146 valence electrons. The van der Waals surface area contributed by atoms with Crippen molar-refractivity contribution < 1.29 is 0 Å². The Morgan fingerprint density at radius 2 is 1.93 bits per heavy atom. The summed E-state index contributed by atoms with van der Waals surface area (Å²) in [4.78, 5) is 9.62. The fourth-order valence-corrected chi connectivity index (χ4v) is 3.63. The molecular weight excluding hydrogens is 368 g/mol. The van der Waals surface area contributed by atoms with Gasteiger partial charge in [-0.3, -0.25) is 4.99 Å². The van der Waals surface area contributed by atoms with E-state index in [4.69, 9.17) is 0 Å². The largest absolute Gasteiger partial charge is 0.352 e. The Kier molecular flexibility index (Phi) is 7.08. The molecule has 2 aromatic carbocycles. The zero-order chi connectivity index (χ0) is 19.8. The molecule has 0 unspecified atom stereocenters. The Morgan fingerprint density at radius 1 is 1.11 bits per heavy atom. The summed E-state index contributed by atoms with van der Waals surface area (Å²) in [5.41, 5.74) is 4.94. The lowest BCUT2D eigenvalue weighted by atomic mass is 10.1. The highest BCUT2D eigenvalue weighted by molar-refractivity contribution is 7.98. The van der Waals surface area contributed by atoms with Gasteiger partial charge in [0.2, 0.25) is 0 Å². The molecule has 1 aromatic heterocycles. The number of benzene rings is 2. The van der Waals surface area contributed by atoms with Gasteiger partial charge in [-0.15, -0.1) is 11.8 Å². The van der Waals surface area contributed by atoms with Gasteiger partial charge in [-0.2, -0.15) is 5.10 Å². The molecular formula is C21H26N6S. The molecule has 2 N–H and O–H groups in total. The molecule has 0 radical (unpaired) electrons. The fraction of sp³-hybridized carbons (Fsp3) is 0.286. The second-order valence-corrected chi connectivity index (χ2v) is 7.36. The molecule has 1 heterocycles. The van der Waals surface area contributed by atoms with E-state index in [1.807, 2.05) is 4.68 Å². The van der Waals surface area contributed by atoms with Gasteiger partial charge in [-0.25, -0.2) is 9.67 Å². The van der Waals surface area contributed by atoms with E-state index in [2.05, 4.69) is 81.4 Å². The zero-order valence-electron chi connectivity index (χ0n) is 16.5. The molecule has 0 atom stereocenters. The Labute approximate surface area is 170 Å². The van der Waals surface area contributed by atoms with Gasteiger partial charge in [-0.05, 0) is 41.5 Å². The average molecular weight is 395 g/mol. The number of aryl methyl sites for hydroxylation is 1. The third-order valence-electron chi connectivity index (χ3n) is 4.37. The second kappa shape index (κ2) is 9.94. The van der Waals surface area contributed by atoms with Crippen LogP contribution in [0, 0.1) is 6.92 Å². The lowest BCUT2D eigenvalue weighted by molar-refractivity contribution is 0.683. The minimum absolute atomic E-state index is 0.703. The summed E-state index contributed by atoms with van der Waals surface area (Å²) in [6, 6.07) is 15.0. The van der Waals surface area contributed by atoms with Gasteiger partial charge < -0.3 is 10.6 Å². The fourth-order valence-electron chi connectivity index (χ4n) is 2.92.